The van der Waals surface area contributed by atoms with Crippen LogP contribution in [0.2, 0.25) is 0 Å². The summed E-state index contributed by atoms with van der Waals surface area (Å²) in [5.74, 6) is 0.148. The molecule has 0 unspecified atom stereocenters. The number of ether oxygens (including phenoxy) is 1. The lowest BCUT2D eigenvalue weighted by molar-refractivity contribution is -0.115. The van der Waals surface area contributed by atoms with Crippen molar-refractivity contribution < 1.29 is 17.9 Å². The Bertz CT molecular complexity index is 811. The number of rotatable bonds is 4. The maximum atomic E-state index is 12.4. The zero-order chi connectivity index (χ0) is 15.0. The van der Waals surface area contributed by atoms with E-state index in [-0.39, 0.29) is 16.5 Å². The van der Waals surface area contributed by atoms with E-state index < -0.39 is 10.0 Å². The van der Waals surface area contributed by atoms with Gasteiger partial charge in [0.25, 0.3) is 10.0 Å². The third-order valence-electron chi connectivity index (χ3n) is 3.07. The van der Waals surface area contributed by atoms with Gasteiger partial charge in [-0.15, -0.1) is 11.3 Å². The quantitative estimate of drug-likeness (QED) is 0.901. The van der Waals surface area contributed by atoms with E-state index in [1.54, 1.807) is 29.6 Å². The predicted molar refractivity (Wildman–Crippen MR) is 80.5 cm³/mol. The molecule has 1 aliphatic rings. The smallest absolute Gasteiger partial charge is 0.275 e. The Hall–Kier alpha value is -2.06. The zero-order valence-corrected chi connectivity index (χ0v) is 12.7. The lowest BCUT2D eigenvalue weighted by atomic mass is 10.1. The fraction of sp³-hybridized carbons (Fsp3) is 0.154. The highest BCUT2D eigenvalue weighted by atomic mass is 32.2. The molecule has 0 spiro atoms. The van der Waals surface area contributed by atoms with Crippen LogP contribution < -0.4 is 14.8 Å². The third kappa shape index (κ3) is 2.47. The second kappa shape index (κ2) is 5.05. The van der Waals surface area contributed by atoms with E-state index in [9.17, 15) is 13.2 Å². The second-order valence-electron chi connectivity index (χ2n) is 4.45. The van der Waals surface area contributed by atoms with Crippen molar-refractivity contribution in [2.75, 3.05) is 17.1 Å². The second-order valence-corrected chi connectivity index (χ2v) is 7.24. The number of benzene rings is 1. The van der Waals surface area contributed by atoms with Crippen LogP contribution >= 0.6 is 11.3 Å². The van der Waals surface area contributed by atoms with Crippen LogP contribution in [0.15, 0.2) is 33.9 Å². The van der Waals surface area contributed by atoms with Crippen LogP contribution in [0.4, 0.5) is 11.4 Å². The molecule has 0 bridgehead atoms. The number of nitrogens with one attached hydrogen (secondary N) is 2. The van der Waals surface area contributed by atoms with Crippen LogP contribution in [0.5, 0.6) is 5.75 Å². The molecule has 1 aromatic carbocycles. The van der Waals surface area contributed by atoms with Crippen LogP contribution in [0, 0.1) is 0 Å². The van der Waals surface area contributed by atoms with Crippen LogP contribution in [-0.2, 0) is 21.2 Å². The molecule has 0 fully saturated rings. The van der Waals surface area contributed by atoms with Crippen molar-refractivity contribution in [2.24, 2.45) is 0 Å². The van der Waals surface area contributed by atoms with Crippen LogP contribution in [0.1, 0.15) is 5.56 Å². The summed E-state index contributed by atoms with van der Waals surface area (Å²) in [6.45, 7) is 0. The normalized spacial score (nSPS) is 13.7. The Morgan fingerprint density at radius 2 is 2.14 bits per heavy atom. The van der Waals surface area contributed by atoms with E-state index in [0.29, 0.717) is 17.1 Å². The highest BCUT2D eigenvalue weighted by Crippen LogP contribution is 2.35. The van der Waals surface area contributed by atoms with Gasteiger partial charge in [-0.05, 0) is 23.1 Å². The first kappa shape index (κ1) is 13.9. The van der Waals surface area contributed by atoms with Crippen molar-refractivity contribution in [1.82, 2.24) is 0 Å². The maximum absolute atomic E-state index is 12.4. The summed E-state index contributed by atoms with van der Waals surface area (Å²) in [5, 5.41) is 4.31. The monoisotopic (exact) mass is 324 g/mol. The first-order chi connectivity index (χ1) is 10.0. The molecular formula is C13H12N2O4S2. The fourth-order valence-corrected chi connectivity index (χ4v) is 4.51. The van der Waals surface area contributed by atoms with Gasteiger partial charge >= 0.3 is 0 Å². The number of methoxy groups -OCH3 is 1. The number of carbonyl (C=O) groups excluding carboxylic acids is 1. The minimum Gasteiger partial charge on any atom is -0.494 e. The Kier molecular flexibility index (Phi) is 3.34. The first-order valence-corrected chi connectivity index (χ1v) is 8.43. The van der Waals surface area contributed by atoms with Crippen molar-refractivity contribution >= 4 is 38.6 Å². The van der Waals surface area contributed by atoms with Gasteiger partial charge in [-0.3, -0.25) is 9.52 Å². The van der Waals surface area contributed by atoms with Crippen LogP contribution in [0.25, 0.3) is 0 Å². The average molecular weight is 324 g/mol. The van der Waals surface area contributed by atoms with E-state index >= 15 is 0 Å². The maximum Gasteiger partial charge on any atom is 0.275 e. The number of para-hydroxylation sites is 1. The Morgan fingerprint density at radius 3 is 2.90 bits per heavy atom. The summed E-state index contributed by atoms with van der Waals surface area (Å²) in [5.41, 5.74) is 1.65. The SMILES string of the molecule is COc1ccsc1S(=O)(=O)Nc1cccc2c1NC(=O)C2. The summed E-state index contributed by atoms with van der Waals surface area (Å²) in [6.07, 6.45) is 0.257. The molecule has 2 aromatic rings. The molecule has 6 nitrogen and oxygen atoms in total. The topological polar surface area (TPSA) is 84.5 Å². The molecule has 0 radical (unpaired) electrons. The molecule has 1 aliphatic heterocycles. The van der Waals surface area contributed by atoms with E-state index in [1.807, 2.05) is 0 Å². The van der Waals surface area contributed by atoms with Crippen molar-refractivity contribution in [2.45, 2.75) is 10.6 Å². The lowest BCUT2D eigenvalue weighted by Crippen LogP contribution is -2.14. The summed E-state index contributed by atoms with van der Waals surface area (Å²) in [6, 6.07) is 6.71. The Morgan fingerprint density at radius 1 is 1.33 bits per heavy atom. The molecule has 110 valence electrons. The molecule has 8 heteroatoms. The van der Waals surface area contributed by atoms with E-state index in [0.717, 1.165) is 16.9 Å². The number of carbonyl (C=O) groups is 1. The van der Waals surface area contributed by atoms with Gasteiger partial charge in [-0.1, -0.05) is 12.1 Å². The van der Waals surface area contributed by atoms with Crippen LogP contribution in [0.3, 0.4) is 0 Å². The van der Waals surface area contributed by atoms with E-state index in [4.69, 9.17) is 4.74 Å². The average Bonchev–Trinajstić information content (AvgIpc) is 3.04. The number of anilines is 2. The minimum atomic E-state index is -3.76. The number of fused-ring (bicyclic) bond motifs is 1. The molecule has 0 saturated heterocycles. The molecule has 1 aromatic heterocycles. The molecule has 2 heterocycles. The number of amides is 1. The number of hydrogen-bond donors (Lipinski definition) is 2. The highest BCUT2D eigenvalue weighted by molar-refractivity contribution is 7.94. The number of hydrogen-bond acceptors (Lipinski definition) is 5. The van der Waals surface area contributed by atoms with Gasteiger partial charge in [0.15, 0.2) is 4.21 Å². The molecular weight excluding hydrogens is 312 g/mol. The summed E-state index contributed by atoms with van der Waals surface area (Å²) in [4.78, 5) is 11.4. The lowest BCUT2D eigenvalue weighted by Gasteiger charge is -2.11. The zero-order valence-electron chi connectivity index (χ0n) is 11.0. The fourth-order valence-electron chi connectivity index (χ4n) is 2.16. The highest BCUT2D eigenvalue weighted by Gasteiger charge is 2.26. The van der Waals surface area contributed by atoms with Gasteiger partial charge in [0.2, 0.25) is 5.91 Å². The largest absolute Gasteiger partial charge is 0.494 e. The molecule has 21 heavy (non-hydrogen) atoms. The van der Waals surface area contributed by atoms with Crippen molar-refractivity contribution in [3.8, 4) is 5.75 Å². The minimum absolute atomic E-state index is 0.104. The van der Waals surface area contributed by atoms with Gasteiger partial charge in [0.1, 0.15) is 5.75 Å². The molecule has 0 atom stereocenters. The van der Waals surface area contributed by atoms with Crippen LogP contribution in [-0.4, -0.2) is 21.4 Å². The predicted octanol–water partition coefficient (Wildman–Crippen LogP) is 2.05. The van der Waals surface area contributed by atoms with Gasteiger partial charge in [0.05, 0.1) is 24.9 Å². The molecule has 0 saturated carbocycles. The summed E-state index contributed by atoms with van der Waals surface area (Å²) >= 11 is 1.07. The van der Waals surface area contributed by atoms with Crippen molar-refractivity contribution in [3.63, 3.8) is 0 Å². The van der Waals surface area contributed by atoms with Gasteiger partial charge in [-0.25, -0.2) is 8.42 Å². The molecule has 2 N–H and O–H groups in total. The molecule has 3 rings (SSSR count). The van der Waals surface area contributed by atoms with Crippen molar-refractivity contribution in [1.29, 1.82) is 0 Å². The van der Waals surface area contributed by atoms with E-state index in [2.05, 4.69) is 10.0 Å². The van der Waals surface area contributed by atoms with Gasteiger partial charge < -0.3 is 10.1 Å². The molecule has 0 aliphatic carbocycles. The summed E-state index contributed by atoms with van der Waals surface area (Å²) in [7, 11) is -2.34. The number of sulfonamides is 1. The van der Waals surface area contributed by atoms with Gasteiger partial charge in [0, 0.05) is 0 Å². The third-order valence-corrected chi connectivity index (χ3v) is 5.88. The summed E-state index contributed by atoms with van der Waals surface area (Å²) < 4.78 is 32.5. The van der Waals surface area contributed by atoms with E-state index in [1.165, 1.54) is 7.11 Å². The van der Waals surface area contributed by atoms with Crippen molar-refractivity contribution in [3.05, 3.63) is 35.2 Å². The number of thiophene rings is 1. The Balaban J connectivity index is 1.98. The Labute approximate surface area is 125 Å². The first-order valence-electron chi connectivity index (χ1n) is 6.07. The van der Waals surface area contributed by atoms with Gasteiger partial charge in [-0.2, -0.15) is 0 Å². The molecule has 1 amide bonds. The standard InChI is InChI=1S/C13H12N2O4S2/c1-19-10-5-6-20-13(10)21(17,18)15-9-4-2-3-8-7-11(16)14-12(8)9/h2-6,15H,7H2,1H3,(H,14,16).